The second-order valence-electron chi connectivity index (χ2n) is 14.6. The first-order valence-corrected chi connectivity index (χ1v) is 18.3. The zero-order valence-corrected chi connectivity index (χ0v) is 29.6. The summed E-state index contributed by atoms with van der Waals surface area (Å²) in [5.41, 5.74) is 20.2. The number of rotatable bonds is 8. The van der Waals surface area contributed by atoms with Crippen LogP contribution in [0.4, 0.5) is 0 Å². The molecular weight excluding hydrogens is 633 g/mol. The van der Waals surface area contributed by atoms with Crippen LogP contribution in [0, 0.1) is 0 Å². The molecule has 0 spiro atoms. The molecule has 3 N–H and O–H groups in total. The Balaban J connectivity index is 1.08. The third-order valence-electron chi connectivity index (χ3n) is 11.0. The van der Waals surface area contributed by atoms with E-state index in [0.717, 1.165) is 23.2 Å². The summed E-state index contributed by atoms with van der Waals surface area (Å²) in [4.78, 5) is 5.14. The Kier molecular flexibility index (Phi) is 7.98. The van der Waals surface area contributed by atoms with Gasteiger partial charge in [-0.2, -0.15) is 0 Å². The molecule has 2 aliphatic rings. The molecule has 0 aliphatic heterocycles. The van der Waals surface area contributed by atoms with Gasteiger partial charge < -0.3 is 10.3 Å². The summed E-state index contributed by atoms with van der Waals surface area (Å²) in [6, 6.07) is 51.8. The number of para-hydroxylation sites is 1. The van der Waals surface area contributed by atoms with Crippen molar-refractivity contribution in [3.05, 3.63) is 197 Å². The average Bonchev–Trinajstić information content (AvgIpc) is 3.66. The Morgan fingerprint density at radius 2 is 1.54 bits per heavy atom. The quantitative estimate of drug-likeness (QED) is 0.125. The summed E-state index contributed by atoms with van der Waals surface area (Å²) in [7, 11) is 0. The molecule has 9 rings (SSSR count). The number of nitrogens with two attached hydrogens (primary N) is 1. The zero-order chi connectivity index (χ0) is 35.2. The normalized spacial score (nSPS) is 16.8. The summed E-state index contributed by atoms with van der Waals surface area (Å²) in [5.74, 6) is 0.909. The first-order valence-electron chi connectivity index (χ1n) is 18.3. The van der Waals surface area contributed by atoms with Crippen molar-refractivity contribution in [1.82, 2.24) is 9.88 Å². The highest BCUT2D eigenvalue weighted by Crippen LogP contribution is 2.52. The highest BCUT2D eigenvalue weighted by Gasteiger charge is 2.38. The number of aliphatic imine (C=N–C) groups is 1. The van der Waals surface area contributed by atoms with Crippen LogP contribution >= 0.6 is 0 Å². The van der Waals surface area contributed by atoms with Crippen LogP contribution in [0.5, 0.6) is 0 Å². The molecule has 0 amide bonds. The fourth-order valence-electron chi connectivity index (χ4n) is 8.43. The molecule has 4 heteroatoms. The summed E-state index contributed by atoms with van der Waals surface area (Å²) in [5, 5.41) is 6.21. The number of hydrogen-bond acceptors (Lipinski definition) is 2. The van der Waals surface area contributed by atoms with E-state index in [9.17, 15) is 0 Å². The van der Waals surface area contributed by atoms with E-state index in [0.29, 0.717) is 18.3 Å². The lowest BCUT2D eigenvalue weighted by atomic mass is 9.81. The predicted octanol–water partition coefficient (Wildman–Crippen LogP) is 10.8. The highest BCUT2D eigenvalue weighted by molar-refractivity contribution is 6.13. The van der Waals surface area contributed by atoms with Gasteiger partial charge in [0.1, 0.15) is 12.0 Å². The molecule has 4 nitrogen and oxygen atoms in total. The molecule has 2 atom stereocenters. The minimum Gasteiger partial charge on any atom is -0.383 e. The number of allylic oxidation sites excluding steroid dienone is 2. The molecule has 6 aromatic carbocycles. The number of hydrogen-bond donors (Lipinski definition) is 2. The fraction of sp³-hybridized carbons (Fsp3) is 0.146. The van der Waals surface area contributed by atoms with E-state index >= 15 is 0 Å². The molecule has 0 saturated carbocycles. The van der Waals surface area contributed by atoms with E-state index in [-0.39, 0.29) is 11.6 Å². The predicted molar refractivity (Wildman–Crippen MR) is 217 cm³/mol. The third kappa shape index (κ3) is 5.47. The molecule has 0 fully saturated rings. The summed E-state index contributed by atoms with van der Waals surface area (Å²) in [6.07, 6.45) is 7.58. The highest BCUT2D eigenvalue weighted by atomic mass is 15.1. The van der Waals surface area contributed by atoms with Gasteiger partial charge in [0.25, 0.3) is 0 Å². The Bertz CT molecular complexity index is 2540. The van der Waals surface area contributed by atoms with Crippen LogP contribution < -0.4 is 11.1 Å². The van der Waals surface area contributed by atoms with Gasteiger partial charge in [0, 0.05) is 39.9 Å². The smallest absolute Gasteiger partial charge is 0.128 e. The second kappa shape index (κ2) is 13.0. The lowest BCUT2D eigenvalue weighted by Gasteiger charge is -2.24. The fourth-order valence-corrected chi connectivity index (χ4v) is 8.43. The molecule has 0 saturated heterocycles. The van der Waals surface area contributed by atoms with Gasteiger partial charge in [0.2, 0.25) is 0 Å². The van der Waals surface area contributed by atoms with Crippen molar-refractivity contribution < 1.29 is 0 Å². The second-order valence-corrected chi connectivity index (χ2v) is 14.6. The van der Waals surface area contributed by atoms with Gasteiger partial charge >= 0.3 is 0 Å². The maximum absolute atomic E-state index is 6.94. The van der Waals surface area contributed by atoms with E-state index in [4.69, 9.17) is 10.7 Å². The molecule has 0 bridgehead atoms. The standard InChI is InChI=1S/C48H42N4/c1-48(2)42-22-11-9-20-38(42)40-28-29-41-39-21-10-12-23-43(39)52(45(41)44(40)48)37-19-13-18-36(30-37)46(49)51-47(35-16-7-4-8-17-35)50-31-32-24-26-34(27-25-32)33-14-5-3-6-15-33/h3-26,28-30,34,47,50H,27,31H2,1-2H3,(H2,49,51). The SMILES string of the molecule is CC1(C)c2ccccc2-c2ccc3c4ccccc4n(-c4cccc(/C(N)=N/C(NCC5=CCC(c6ccccc6)C=C5)c5ccccc5)c4)c3c21. The van der Waals surface area contributed by atoms with E-state index in [1.807, 2.05) is 6.07 Å². The van der Waals surface area contributed by atoms with Crippen LogP contribution in [0.25, 0.3) is 38.6 Å². The van der Waals surface area contributed by atoms with Gasteiger partial charge in [-0.05, 0) is 63.6 Å². The molecule has 1 heterocycles. The lowest BCUT2D eigenvalue weighted by Crippen LogP contribution is -2.26. The van der Waals surface area contributed by atoms with Crippen molar-refractivity contribution in [3.8, 4) is 16.8 Å². The molecular formula is C48H42N4. The molecule has 52 heavy (non-hydrogen) atoms. The van der Waals surface area contributed by atoms with Gasteiger partial charge in [-0.3, -0.25) is 5.32 Å². The van der Waals surface area contributed by atoms with Crippen molar-refractivity contribution in [2.75, 3.05) is 6.54 Å². The minimum atomic E-state index is -0.304. The topological polar surface area (TPSA) is 55.3 Å². The number of benzene rings is 6. The number of nitrogens with one attached hydrogen (secondary N) is 1. The number of aromatic nitrogens is 1. The number of fused-ring (bicyclic) bond motifs is 7. The monoisotopic (exact) mass is 674 g/mol. The van der Waals surface area contributed by atoms with Crippen LogP contribution in [0.1, 0.15) is 60.2 Å². The maximum atomic E-state index is 6.94. The van der Waals surface area contributed by atoms with Crippen LogP contribution in [-0.2, 0) is 5.41 Å². The zero-order valence-electron chi connectivity index (χ0n) is 29.6. The summed E-state index contributed by atoms with van der Waals surface area (Å²) >= 11 is 0. The van der Waals surface area contributed by atoms with Crippen molar-refractivity contribution in [1.29, 1.82) is 0 Å². The number of amidine groups is 1. The van der Waals surface area contributed by atoms with Gasteiger partial charge in [0.15, 0.2) is 0 Å². The summed E-state index contributed by atoms with van der Waals surface area (Å²) < 4.78 is 2.44. The molecule has 1 aromatic heterocycles. The van der Waals surface area contributed by atoms with Gasteiger partial charge in [-0.25, -0.2) is 4.99 Å². The van der Waals surface area contributed by atoms with Crippen LogP contribution in [0.2, 0.25) is 0 Å². The Labute approximate surface area is 305 Å². The van der Waals surface area contributed by atoms with Crippen molar-refractivity contribution in [2.45, 2.75) is 37.8 Å². The Morgan fingerprint density at radius 3 is 2.35 bits per heavy atom. The van der Waals surface area contributed by atoms with Crippen molar-refractivity contribution in [3.63, 3.8) is 0 Å². The molecule has 2 aliphatic carbocycles. The van der Waals surface area contributed by atoms with Crippen LogP contribution in [0.15, 0.2) is 174 Å². The van der Waals surface area contributed by atoms with Crippen LogP contribution in [-0.4, -0.2) is 16.9 Å². The van der Waals surface area contributed by atoms with Gasteiger partial charge in [-0.1, -0.05) is 159 Å². The summed E-state index contributed by atoms with van der Waals surface area (Å²) in [6.45, 7) is 5.41. The van der Waals surface area contributed by atoms with Crippen molar-refractivity contribution in [2.24, 2.45) is 10.7 Å². The average molecular weight is 675 g/mol. The van der Waals surface area contributed by atoms with Crippen LogP contribution in [0.3, 0.4) is 0 Å². The van der Waals surface area contributed by atoms with E-state index in [2.05, 4.69) is 181 Å². The molecule has 0 radical (unpaired) electrons. The largest absolute Gasteiger partial charge is 0.383 e. The maximum Gasteiger partial charge on any atom is 0.128 e. The molecule has 2 unspecified atom stereocenters. The minimum absolute atomic E-state index is 0.157. The third-order valence-corrected chi connectivity index (χ3v) is 11.0. The van der Waals surface area contributed by atoms with E-state index in [1.54, 1.807) is 0 Å². The van der Waals surface area contributed by atoms with Gasteiger partial charge in [-0.15, -0.1) is 0 Å². The first-order chi connectivity index (χ1) is 25.5. The van der Waals surface area contributed by atoms with E-state index < -0.39 is 0 Å². The Morgan fingerprint density at radius 1 is 0.788 bits per heavy atom. The number of nitrogens with zero attached hydrogens (tertiary/aromatic N) is 2. The molecule has 7 aromatic rings. The lowest BCUT2D eigenvalue weighted by molar-refractivity contribution is 0.585. The Hall–Kier alpha value is -5.97. The van der Waals surface area contributed by atoms with E-state index in [1.165, 1.54) is 55.2 Å². The van der Waals surface area contributed by atoms with Crippen molar-refractivity contribution >= 4 is 27.6 Å². The molecule has 254 valence electrons. The first kappa shape index (κ1) is 32.0. The van der Waals surface area contributed by atoms with Gasteiger partial charge in [0.05, 0.1) is 11.0 Å².